The lowest BCUT2D eigenvalue weighted by Gasteiger charge is -2.22. The molecule has 1 saturated heterocycles. The minimum atomic E-state index is -4.97. The zero-order valence-corrected chi connectivity index (χ0v) is 18.1. The first-order valence-electron chi connectivity index (χ1n) is 9.97. The molecule has 1 aliphatic rings. The number of carbonyl (C=O) groups excluding carboxylic acids is 1. The minimum Gasteiger partial charge on any atom is -0.443 e. The first-order valence-corrected chi connectivity index (χ1v) is 11.4. The lowest BCUT2D eigenvalue weighted by Crippen LogP contribution is -2.45. The summed E-state index contributed by atoms with van der Waals surface area (Å²) >= 11 is 0. The first-order chi connectivity index (χ1) is 15.9. The van der Waals surface area contributed by atoms with Crippen molar-refractivity contribution in [1.29, 1.82) is 0 Å². The fraction of sp³-hybridized carbons (Fsp3) is 0.286. The summed E-state index contributed by atoms with van der Waals surface area (Å²) in [5, 5.41) is 2.13. The zero-order chi connectivity index (χ0) is 24.7. The van der Waals surface area contributed by atoms with E-state index in [1.807, 2.05) is 0 Å². The van der Waals surface area contributed by atoms with Gasteiger partial charge in [0.15, 0.2) is 0 Å². The standard InChI is InChI=1S/C21H17F5N2O5S/c22-14-3-6-18-12(8-14)10-19(32-18)34(30,31)28-7-1-2-17(28)20(29)27-11-13-9-15(4-5-16(13)23)33-21(24,25)26/h3-6,8-10,17H,1-2,7,11H2,(H,27,29). The average Bonchev–Trinajstić information content (AvgIpc) is 3.40. The molecule has 0 aliphatic carbocycles. The number of nitrogens with zero attached hydrogens (tertiary/aromatic N) is 1. The Morgan fingerprint density at radius 2 is 1.91 bits per heavy atom. The molecule has 4 rings (SSSR count). The van der Waals surface area contributed by atoms with E-state index < -0.39 is 57.4 Å². The molecule has 1 aromatic heterocycles. The van der Waals surface area contributed by atoms with Gasteiger partial charge in [0.2, 0.25) is 11.0 Å². The number of halogens is 5. The number of carbonyl (C=O) groups is 1. The maximum absolute atomic E-state index is 14.0. The maximum atomic E-state index is 14.0. The summed E-state index contributed by atoms with van der Waals surface area (Å²) in [7, 11) is -4.26. The van der Waals surface area contributed by atoms with Crippen LogP contribution in [-0.2, 0) is 21.4 Å². The third kappa shape index (κ3) is 4.99. The molecule has 1 fully saturated rings. The van der Waals surface area contributed by atoms with E-state index >= 15 is 0 Å². The highest BCUT2D eigenvalue weighted by Gasteiger charge is 2.41. The van der Waals surface area contributed by atoms with Gasteiger partial charge in [-0.2, -0.15) is 4.31 Å². The molecule has 1 amide bonds. The van der Waals surface area contributed by atoms with Crippen molar-refractivity contribution >= 4 is 26.9 Å². The SMILES string of the molecule is O=C(NCc1cc(OC(F)(F)F)ccc1F)C1CCCN1S(=O)(=O)c1cc2cc(F)ccc2o1. The van der Waals surface area contributed by atoms with Gasteiger partial charge in [-0.25, -0.2) is 17.2 Å². The second kappa shape index (κ2) is 8.87. The van der Waals surface area contributed by atoms with Crippen molar-refractivity contribution in [2.45, 2.75) is 36.9 Å². The van der Waals surface area contributed by atoms with Crippen molar-refractivity contribution in [2.24, 2.45) is 0 Å². The fourth-order valence-corrected chi connectivity index (χ4v) is 5.31. The van der Waals surface area contributed by atoms with E-state index in [0.717, 1.165) is 40.7 Å². The van der Waals surface area contributed by atoms with Crippen LogP contribution in [0.25, 0.3) is 11.0 Å². The van der Waals surface area contributed by atoms with Gasteiger partial charge in [-0.15, -0.1) is 13.2 Å². The molecule has 0 spiro atoms. The Morgan fingerprint density at radius 1 is 1.15 bits per heavy atom. The molecule has 2 aromatic carbocycles. The molecule has 0 saturated carbocycles. The van der Waals surface area contributed by atoms with Gasteiger partial charge < -0.3 is 14.5 Å². The average molecular weight is 504 g/mol. The molecule has 7 nitrogen and oxygen atoms in total. The van der Waals surface area contributed by atoms with E-state index in [2.05, 4.69) is 10.1 Å². The van der Waals surface area contributed by atoms with Crippen LogP contribution in [0.1, 0.15) is 18.4 Å². The topological polar surface area (TPSA) is 88.9 Å². The lowest BCUT2D eigenvalue weighted by atomic mass is 10.1. The molecular weight excluding hydrogens is 487 g/mol. The number of hydrogen-bond acceptors (Lipinski definition) is 5. The Kier molecular flexibility index (Phi) is 6.25. The second-order valence-corrected chi connectivity index (χ2v) is 9.36. The van der Waals surface area contributed by atoms with Crippen molar-refractivity contribution in [2.75, 3.05) is 6.54 Å². The molecule has 182 valence electrons. The predicted molar refractivity (Wildman–Crippen MR) is 108 cm³/mol. The van der Waals surface area contributed by atoms with E-state index in [-0.39, 0.29) is 29.5 Å². The molecule has 34 heavy (non-hydrogen) atoms. The number of fused-ring (bicyclic) bond motifs is 1. The number of furan rings is 1. The van der Waals surface area contributed by atoms with Crippen LogP contribution in [-0.4, -0.2) is 37.6 Å². The summed E-state index contributed by atoms with van der Waals surface area (Å²) in [6, 6.07) is 5.86. The molecule has 0 radical (unpaired) electrons. The van der Waals surface area contributed by atoms with Crippen molar-refractivity contribution in [3.8, 4) is 5.75 Å². The van der Waals surface area contributed by atoms with E-state index in [4.69, 9.17) is 4.42 Å². The molecule has 13 heteroatoms. The van der Waals surface area contributed by atoms with Gasteiger partial charge in [0.25, 0.3) is 10.0 Å². The fourth-order valence-electron chi connectivity index (χ4n) is 3.71. The zero-order valence-electron chi connectivity index (χ0n) is 17.2. The van der Waals surface area contributed by atoms with Crippen LogP contribution < -0.4 is 10.1 Å². The van der Waals surface area contributed by atoms with E-state index in [0.29, 0.717) is 6.42 Å². The van der Waals surface area contributed by atoms with E-state index in [1.165, 1.54) is 6.07 Å². The molecule has 1 aliphatic heterocycles. The maximum Gasteiger partial charge on any atom is 0.573 e. The lowest BCUT2D eigenvalue weighted by molar-refractivity contribution is -0.274. The Bertz CT molecular complexity index is 1340. The molecular formula is C21H17F5N2O5S. The summed E-state index contributed by atoms with van der Waals surface area (Å²) < 4.78 is 101. The van der Waals surface area contributed by atoms with Gasteiger partial charge in [-0.05, 0) is 49.2 Å². The van der Waals surface area contributed by atoms with Crippen LogP contribution in [0.4, 0.5) is 22.0 Å². The largest absolute Gasteiger partial charge is 0.573 e. The Labute approximate surface area is 190 Å². The Morgan fingerprint density at radius 3 is 2.65 bits per heavy atom. The normalized spacial score (nSPS) is 17.3. The van der Waals surface area contributed by atoms with Crippen LogP contribution in [0.2, 0.25) is 0 Å². The van der Waals surface area contributed by atoms with Crippen LogP contribution >= 0.6 is 0 Å². The van der Waals surface area contributed by atoms with Crippen molar-refractivity contribution in [3.05, 3.63) is 59.7 Å². The van der Waals surface area contributed by atoms with Crippen molar-refractivity contribution in [3.63, 3.8) is 0 Å². The monoisotopic (exact) mass is 504 g/mol. The van der Waals surface area contributed by atoms with Crippen molar-refractivity contribution in [1.82, 2.24) is 9.62 Å². The van der Waals surface area contributed by atoms with E-state index in [1.54, 1.807) is 0 Å². The Hall–Kier alpha value is -3.19. The van der Waals surface area contributed by atoms with Crippen LogP contribution in [0.3, 0.4) is 0 Å². The minimum absolute atomic E-state index is 0.00902. The summed E-state index contributed by atoms with van der Waals surface area (Å²) in [6.45, 7) is -0.483. The molecule has 2 heterocycles. The summed E-state index contributed by atoms with van der Waals surface area (Å²) in [4.78, 5) is 12.7. The summed E-state index contributed by atoms with van der Waals surface area (Å²) in [5.41, 5.74) is -0.126. The second-order valence-electron chi connectivity index (χ2n) is 7.54. The number of rotatable bonds is 6. The highest BCUT2D eigenvalue weighted by atomic mass is 32.2. The van der Waals surface area contributed by atoms with Gasteiger partial charge in [0.05, 0.1) is 0 Å². The highest BCUT2D eigenvalue weighted by molar-refractivity contribution is 7.89. The molecule has 0 bridgehead atoms. The van der Waals surface area contributed by atoms with Gasteiger partial charge in [0.1, 0.15) is 29.0 Å². The molecule has 1 N–H and O–H groups in total. The number of nitrogens with one attached hydrogen (secondary N) is 1. The molecule has 3 aromatic rings. The van der Waals surface area contributed by atoms with Gasteiger partial charge >= 0.3 is 6.36 Å². The van der Waals surface area contributed by atoms with Crippen molar-refractivity contribution < 1.29 is 44.3 Å². The smallest absolute Gasteiger partial charge is 0.443 e. The van der Waals surface area contributed by atoms with Crippen LogP contribution in [0.15, 0.2) is 52.0 Å². The number of hydrogen-bond donors (Lipinski definition) is 1. The number of benzene rings is 2. The number of alkyl halides is 3. The van der Waals surface area contributed by atoms with Crippen LogP contribution in [0, 0.1) is 11.6 Å². The van der Waals surface area contributed by atoms with Gasteiger partial charge in [-0.1, -0.05) is 0 Å². The third-order valence-electron chi connectivity index (χ3n) is 5.23. The summed E-state index contributed by atoms with van der Waals surface area (Å²) in [5.74, 6) is -2.87. The van der Waals surface area contributed by atoms with E-state index in [9.17, 15) is 35.2 Å². The van der Waals surface area contributed by atoms with Gasteiger partial charge in [-0.3, -0.25) is 4.79 Å². The first kappa shape index (κ1) is 24.0. The molecule has 1 atom stereocenters. The summed E-state index contributed by atoms with van der Waals surface area (Å²) in [6.07, 6.45) is -4.45. The van der Waals surface area contributed by atoms with Gasteiger partial charge in [0, 0.05) is 30.1 Å². The number of sulfonamides is 1. The third-order valence-corrected chi connectivity index (χ3v) is 6.99. The number of amides is 1. The predicted octanol–water partition coefficient (Wildman–Crippen LogP) is 4.08. The number of ether oxygens (including phenoxy) is 1. The molecule has 1 unspecified atom stereocenters. The quantitative estimate of drug-likeness (QED) is 0.511. The Balaban J connectivity index is 1.50. The van der Waals surface area contributed by atoms with Crippen LogP contribution in [0.5, 0.6) is 5.75 Å². The highest BCUT2D eigenvalue weighted by Crippen LogP contribution is 2.31.